The van der Waals surface area contributed by atoms with E-state index in [-0.39, 0.29) is 5.92 Å². The van der Waals surface area contributed by atoms with Gasteiger partial charge in [-0.25, -0.2) is 0 Å². The van der Waals surface area contributed by atoms with Crippen LogP contribution in [0.3, 0.4) is 0 Å². The van der Waals surface area contributed by atoms with E-state index in [1.54, 1.807) is 0 Å². The lowest BCUT2D eigenvalue weighted by atomic mass is 9.81. The van der Waals surface area contributed by atoms with Gasteiger partial charge < -0.3 is 9.80 Å². The molecular formula is C24H35N3O2. The fourth-order valence-corrected chi connectivity index (χ4v) is 5.30. The summed E-state index contributed by atoms with van der Waals surface area (Å²) in [7, 11) is 0. The number of amides is 2. The average molecular weight is 398 g/mol. The molecule has 3 aliphatic rings. The normalized spacial score (nSPS) is 24.7. The molecule has 0 spiro atoms. The van der Waals surface area contributed by atoms with Gasteiger partial charge in [0.15, 0.2) is 0 Å². The molecule has 0 bridgehead atoms. The van der Waals surface area contributed by atoms with Crippen LogP contribution < -0.4 is 0 Å². The van der Waals surface area contributed by atoms with Crippen molar-refractivity contribution in [3.8, 4) is 0 Å². The fraction of sp³-hybridized carbons (Fsp3) is 0.667. The third kappa shape index (κ3) is 5.19. The first-order chi connectivity index (χ1) is 14.2. The zero-order valence-electron chi connectivity index (χ0n) is 17.6. The number of likely N-dealkylation sites (tertiary alicyclic amines) is 3. The van der Waals surface area contributed by atoms with Crippen LogP contribution in [0.25, 0.3) is 0 Å². The Balaban J connectivity index is 1.30. The Kier molecular flexibility index (Phi) is 6.86. The van der Waals surface area contributed by atoms with Crippen molar-refractivity contribution in [1.29, 1.82) is 0 Å². The molecule has 29 heavy (non-hydrogen) atoms. The summed E-state index contributed by atoms with van der Waals surface area (Å²) in [5.74, 6) is 1.29. The first-order valence-corrected chi connectivity index (χ1v) is 11.5. The van der Waals surface area contributed by atoms with Crippen LogP contribution in [0.2, 0.25) is 0 Å². The number of carbonyl (C=O) groups excluding carboxylic acids is 2. The first-order valence-electron chi connectivity index (χ1n) is 11.5. The lowest BCUT2D eigenvalue weighted by Gasteiger charge is -2.36. The van der Waals surface area contributed by atoms with Gasteiger partial charge in [0, 0.05) is 32.1 Å². The van der Waals surface area contributed by atoms with Crippen molar-refractivity contribution in [2.75, 3.05) is 39.3 Å². The maximum absolute atomic E-state index is 13.3. The quantitative estimate of drug-likeness (QED) is 0.767. The van der Waals surface area contributed by atoms with Gasteiger partial charge in [-0.1, -0.05) is 36.8 Å². The summed E-state index contributed by atoms with van der Waals surface area (Å²) in [6.07, 6.45) is 7.68. The van der Waals surface area contributed by atoms with Gasteiger partial charge >= 0.3 is 0 Å². The molecule has 0 saturated carbocycles. The molecule has 0 aromatic heterocycles. The number of carbonyl (C=O) groups is 2. The summed E-state index contributed by atoms with van der Waals surface area (Å²) in [6.45, 7) is 5.95. The predicted octanol–water partition coefficient (Wildman–Crippen LogP) is 3.15. The van der Waals surface area contributed by atoms with Gasteiger partial charge in [-0.15, -0.1) is 0 Å². The zero-order valence-corrected chi connectivity index (χ0v) is 17.6. The second-order valence-electron chi connectivity index (χ2n) is 9.05. The van der Waals surface area contributed by atoms with Crippen molar-refractivity contribution in [2.24, 2.45) is 11.8 Å². The van der Waals surface area contributed by atoms with Crippen LogP contribution in [0.1, 0.15) is 50.5 Å². The Bertz CT molecular complexity index is 679. The number of hydrogen-bond donors (Lipinski definition) is 0. The second kappa shape index (κ2) is 9.75. The molecule has 1 aromatic rings. The van der Waals surface area contributed by atoms with Crippen molar-refractivity contribution in [3.63, 3.8) is 0 Å². The van der Waals surface area contributed by atoms with Gasteiger partial charge in [0.2, 0.25) is 11.8 Å². The molecule has 0 unspecified atom stereocenters. The van der Waals surface area contributed by atoms with E-state index in [2.05, 4.69) is 21.9 Å². The molecule has 1 atom stereocenters. The molecule has 5 nitrogen and oxygen atoms in total. The van der Waals surface area contributed by atoms with E-state index in [0.717, 1.165) is 84.2 Å². The Morgan fingerprint density at radius 2 is 1.55 bits per heavy atom. The Labute approximate surface area is 175 Å². The molecule has 158 valence electrons. The lowest BCUT2D eigenvalue weighted by molar-refractivity contribution is -0.138. The minimum absolute atomic E-state index is 0.164. The van der Waals surface area contributed by atoms with Crippen molar-refractivity contribution in [3.05, 3.63) is 35.9 Å². The molecule has 5 heteroatoms. The molecule has 2 amide bonds. The highest BCUT2D eigenvalue weighted by atomic mass is 16.2. The lowest BCUT2D eigenvalue weighted by Crippen LogP contribution is -2.45. The van der Waals surface area contributed by atoms with Gasteiger partial charge in [0.25, 0.3) is 0 Å². The van der Waals surface area contributed by atoms with Crippen LogP contribution in [0.5, 0.6) is 0 Å². The zero-order chi connectivity index (χ0) is 20.1. The Morgan fingerprint density at radius 1 is 0.862 bits per heavy atom. The molecule has 3 saturated heterocycles. The summed E-state index contributed by atoms with van der Waals surface area (Å²) in [6, 6.07) is 10.4. The van der Waals surface area contributed by atoms with Gasteiger partial charge in [-0.05, 0) is 63.1 Å². The van der Waals surface area contributed by atoms with E-state index in [1.807, 2.05) is 23.1 Å². The summed E-state index contributed by atoms with van der Waals surface area (Å²) in [5, 5.41) is 0. The molecule has 4 rings (SSSR count). The maximum atomic E-state index is 13.3. The molecule has 3 aliphatic heterocycles. The van der Waals surface area contributed by atoms with E-state index >= 15 is 0 Å². The smallest absolute Gasteiger partial charge is 0.236 e. The minimum atomic E-state index is 0.164. The summed E-state index contributed by atoms with van der Waals surface area (Å²) in [5.41, 5.74) is 1.22. The van der Waals surface area contributed by atoms with Gasteiger partial charge in [-0.2, -0.15) is 0 Å². The van der Waals surface area contributed by atoms with Crippen molar-refractivity contribution >= 4 is 11.8 Å². The summed E-state index contributed by atoms with van der Waals surface area (Å²) in [4.78, 5) is 32.2. The third-order valence-corrected chi connectivity index (χ3v) is 7.06. The maximum Gasteiger partial charge on any atom is 0.236 e. The minimum Gasteiger partial charge on any atom is -0.342 e. The van der Waals surface area contributed by atoms with Gasteiger partial charge in [0.05, 0.1) is 6.54 Å². The second-order valence-corrected chi connectivity index (χ2v) is 9.05. The van der Waals surface area contributed by atoms with Crippen molar-refractivity contribution in [1.82, 2.24) is 14.7 Å². The molecule has 3 fully saturated rings. The molecule has 1 aromatic carbocycles. The van der Waals surface area contributed by atoms with Gasteiger partial charge in [-0.3, -0.25) is 14.5 Å². The molecule has 0 N–H and O–H groups in total. The monoisotopic (exact) mass is 397 g/mol. The molecule has 3 heterocycles. The first kappa shape index (κ1) is 20.4. The molecule has 0 radical (unpaired) electrons. The highest BCUT2D eigenvalue weighted by molar-refractivity contribution is 5.79. The van der Waals surface area contributed by atoms with Crippen LogP contribution in [0.4, 0.5) is 0 Å². The average Bonchev–Trinajstić information content (AvgIpc) is 3.23. The predicted molar refractivity (Wildman–Crippen MR) is 114 cm³/mol. The fourth-order valence-electron chi connectivity index (χ4n) is 5.30. The van der Waals surface area contributed by atoms with E-state index in [4.69, 9.17) is 0 Å². The summed E-state index contributed by atoms with van der Waals surface area (Å²) < 4.78 is 0. The number of piperidine rings is 1. The van der Waals surface area contributed by atoms with E-state index in [0.29, 0.717) is 24.3 Å². The van der Waals surface area contributed by atoms with E-state index in [1.165, 1.54) is 5.56 Å². The van der Waals surface area contributed by atoms with Crippen molar-refractivity contribution in [2.45, 2.75) is 51.5 Å². The highest BCUT2D eigenvalue weighted by Crippen LogP contribution is 2.32. The van der Waals surface area contributed by atoms with E-state index < -0.39 is 0 Å². The van der Waals surface area contributed by atoms with Crippen LogP contribution >= 0.6 is 0 Å². The number of rotatable bonds is 5. The van der Waals surface area contributed by atoms with Gasteiger partial charge in [0.1, 0.15) is 0 Å². The number of benzene rings is 1. The molecule has 0 aliphatic carbocycles. The molecular weight excluding hydrogens is 362 g/mol. The number of nitrogens with zero attached hydrogens (tertiary/aromatic N) is 3. The standard InChI is InChI=1S/C24H35N3O2/c28-23(26-13-6-7-14-26)19-25-16-11-21(12-17-25)22-10-4-5-15-27(24(22)29)18-20-8-2-1-3-9-20/h1-3,8-9,21-22H,4-7,10-19H2/t22-/m1/s1. The Morgan fingerprint density at radius 3 is 2.28 bits per heavy atom. The summed E-state index contributed by atoms with van der Waals surface area (Å²) >= 11 is 0. The topological polar surface area (TPSA) is 43.9 Å². The third-order valence-electron chi connectivity index (χ3n) is 7.06. The van der Waals surface area contributed by atoms with Crippen LogP contribution in [0, 0.1) is 11.8 Å². The largest absolute Gasteiger partial charge is 0.342 e. The highest BCUT2D eigenvalue weighted by Gasteiger charge is 2.35. The van der Waals surface area contributed by atoms with Crippen LogP contribution in [-0.4, -0.2) is 65.8 Å². The number of hydrogen-bond acceptors (Lipinski definition) is 3. The van der Waals surface area contributed by atoms with Crippen molar-refractivity contribution < 1.29 is 9.59 Å². The SMILES string of the molecule is O=C(CN1CCC([C@H]2CCCCN(Cc3ccccc3)C2=O)CC1)N1CCCC1. The van der Waals surface area contributed by atoms with Crippen LogP contribution in [0.15, 0.2) is 30.3 Å². The van der Waals surface area contributed by atoms with Crippen LogP contribution in [-0.2, 0) is 16.1 Å². The Hall–Kier alpha value is -1.88. The van der Waals surface area contributed by atoms with E-state index in [9.17, 15) is 9.59 Å².